The third kappa shape index (κ3) is 3.51. The highest BCUT2D eigenvalue weighted by molar-refractivity contribution is 5.77. The van der Waals surface area contributed by atoms with Gasteiger partial charge in [-0.2, -0.15) is 0 Å². The number of aromatic nitrogens is 2. The number of fused-ring (bicyclic) bond motifs is 1. The standard InChI is InChI=1S/C18H19N3O2/c1-23-17-9-5-2-6-14(17)12-19-18(22)10-11-21-13-20-15-7-3-4-8-16(15)21/h2-9,13H,10-12H2,1H3,(H,19,22). The maximum Gasteiger partial charge on any atom is 0.222 e. The van der Waals surface area contributed by atoms with Crippen molar-refractivity contribution in [1.82, 2.24) is 14.9 Å². The quantitative estimate of drug-likeness (QED) is 0.762. The van der Waals surface area contributed by atoms with Crippen LogP contribution in [0.25, 0.3) is 11.0 Å². The van der Waals surface area contributed by atoms with E-state index < -0.39 is 0 Å². The van der Waals surface area contributed by atoms with E-state index in [0.29, 0.717) is 19.5 Å². The molecular weight excluding hydrogens is 290 g/mol. The van der Waals surface area contributed by atoms with Gasteiger partial charge in [0, 0.05) is 25.1 Å². The van der Waals surface area contributed by atoms with E-state index in [1.54, 1.807) is 13.4 Å². The van der Waals surface area contributed by atoms with Gasteiger partial charge in [-0.3, -0.25) is 4.79 Å². The second kappa shape index (κ2) is 6.96. The number of aryl methyl sites for hydroxylation is 1. The molecule has 0 bridgehead atoms. The highest BCUT2D eigenvalue weighted by atomic mass is 16.5. The lowest BCUT2D eigenvalue weighted by Gasteiger charge is -2.10. The predicted molar refractivity (Wildman–Crippen MR) is 89.2 cm³/mol. The highest BCUT2D eigenvalue weighted by Gasteiger charge is 2.07. The lowest BCUT2D eigenvalue weighted by atomic mass is 10.2. The van der Waals surface area contributed by atoms with Gasteiger partial charge in [0.25, 0.3) is 0 Å². The van der Waals surface area contributed by atoms with E-state index in [1.807, 2.05) is 53.1 Å². The fourth-order valence-corrected chi connectivity index (χ4v) is 2.54. The minimum atomic E-state index is 0.00804. The molecular formula is C18H19N3O2. The number of hydrogen-bond donors (Lipinski definition) is 1. The molecule has 1 aromatic heterocycles. The molecule has 1 heterocycles. The first-order chi connectivity index (χ1) is 11.3. The first-order valence-corrected chi connectivity index (χ1v) is 7.56. The number of hydrogen-bond acceptors (Lipinski definition) is 3. The largest absolute Gasteiger partial charge is 0.496 e. The molecule has 0 aliphatic heterocycles. The summed E-state index contributed by atoms with van der Waals surface area (Å²) in [4.78, 5) is 16.4. The van der Waals surface area contributed by atoms with Crippen molar-refractivity contribution in [2.24, 2.45) is 0 Å². The lowest BCUT2D eigenvalue weighted by molar-refractivity contribution is -0.121. The van der Waals surface area contributed by atoms with Gasteiger partial charge in [0.05, 0.1) is 24.5 Å². The monoisotopic (exact) mass is 309 g/mol. The number of para-hydroxylation sites is 3. The van der Waals surface area contributed by atoms with Gasteiger partial charge in [0.2, 0.25) is 5.91 Å². The van der Waals surface area contributed by atoms with Gasteiger partial charge in [-0.15, -0.1) is 0 Å². The maximum atomic E-state index is 12.1. The zero-order valence-corrected chi connectivity index (χ0v) is 13.0. The van der Waals surface area contributed by atoms with Crippen molar-refractivity contribution in [3.8, 4) is 5.75 Å². The summed E-state index contributed by atoms with van der Waals surface area (Å²) in [6.07, 6.45) is 2.19. The van der Waals surface area contributed by atoms with Gasteiger partial charge in [-0.25, -0.2) is 4.98 Å². The third-order valence-electron chi connectivity index (χ3n) is 3.78. The van der Waals surface area contributed by atoms with Gasteiger partial charge >= 0.3 is 0 Å². The van der Waals surface area contributed by atoms with Crippen molar-refractivity contribution in [3.05, 3.63) is 60.4 Å². The number of methoxy groups -OCH3 is 1. The van der Waals surface area contributed by atoms with Crippen LogP contribution in [0.5, 0.6) is 5.75 Å². The van der Waals surface area contributed by atoms with E-state index in [1.165, 1.54) is 0 Å². The van der Waals surface area contributed by atoms with Crippen LogP contribution in [0, 0.1) is 0 Å². The molecule has 1 N–H and O–H groups in total. The van der Waals surface area contributed by atoms with Crippen LogP contribution < -0.4 is 10.1 Å². The first kappa shape index (κ1) is 15.1. The van der Waals surface area contributed by atoms with Gasteiger partial charge in [-0.05, 0) is 18.2 Å². The molecule has 0 aliphatic rings. The van der Waals surface area contributed by atoms with Crippen LogP contribution in [0.15, 0.2) is 54.9 Å². The minimum Gasteiger partial charge on any atom is -0.496 e. The minimum absolute atomic E-state index is 0.00804. The predicted octanol–water partition coefficient (Wildman–Crippen LogP) is 2.75. The van der Waals surface area contributed by atoms with E-state index in [9.17, 15) is 4.79 Å². The van der Waals surface area contributed by atoms with Crippen molar-refractivity contribution in [1.29, 1.82) is 0 Å². The third-order valence-corrected chi connectivity index (χ3v) is 3.78. The number of carbonyl (C=O) groups is 1. The first-order valence-electron chi connectivity index (χ1n) is 7.56. The number of ether oxygens (including phenoxy) is 1. The van der Waals surface area contributed by atoms with Gasteiger partial charge in [-0.1, -0.05) is 30.3 Å². The Morgan fingerprint density at radius 3 is 2.83 bits per heavy atom. The number of amides is 1. The van der Waals surface area contributed by atoms with E-state index in [-0.39, 0.29) is 5.91 Å². The number of nitrogens with zero attached hydrogens (tertiary/aromatic N) is 2. The number of imidazole rings is 1. The lowest BCUT2D eigenvalue weighted by Crippen LogP contribution is -2.24. The van der Waals surface area contributed by atoms with Crippen molar-refractivity contribution >= 4 is 16.9 Å². The summed E-state index contributed by atoms with van der Waals surface area (Å²) in [5.74, 6) is 0.794. The van der Waals surface area contributed by atoms with Crippen LogP contribution in [-0.2, 0) is 17.9 Å². The Kier molecular flexibility index (Phi) is 4.57. The molecule has 5 heteroatoms. The fourth-order valence-electron chi connectivity index (χ4n) is 2.54. The average Bonchev–Trinajstić information content (AvgIpc) is 3.01. The van der Waals surface area contributed by atoms with Crippen LogP contribution in [0.1, 0.15) is 12.0 Å². The SMILES string of the molecule is COc1ccccc1CNC(=O)CCn1cnc2ccccc21. The molecule has 0 aliphatic carbocycles. The molecule has 0 saturated carbocycles. The van der Waals surface area contributed by atoms with Crippen molar-refractivity contribution in [2.75, 3.05) is 7.11 Å². The van der Waals surface area contributed by atoms with Crippen molar-refractivity contribution in [3.63, 3.8) is 0 Å². The van der Waals surface area contributed by atoms with E-state index in [2.05, 4.69) is 10.3 Å². The van der Waals surface area contributed by atoms with Crippen LogP contribution >= 0.6 is 0 Å². The second-order valence-corrected chi connectivity index (χ2v) is 5.27. The smallest absolute Gasteiger partial charge is 0.222 e. The normalized spacial score (nSPS) is 10.7. The molecule has 0 unspecified atom stereocenters. The summed E-state index contributed by atoms with van der Waals surface area (Å²) in [5, 5.41) is 2.93. The number of rotatable bonds is 6. The van der Waals surface area contributed by atoms with Crippen molar-refractivity contribution < 1.29 is 9.53 Å². The zero-order chi connectivity index (χ0) is 16.1. The maximum absolute atomic E-state index is 12.1. The number of benzene rings is 2. The molecule has 1 amide bonds. The topological polar surface area (TPSA) is 56.1 Å². The Morgan fingerprint density at radius 1 is 1.17 bits per heavy atom. The van der Waals surface area contributed by atoms with Crippen LogP contribution in [0.2, 0.25) is 0 Å². The average molecular weight is 309 g/mol. The molecule has 3 rings (SSSR count). The molecule has 118 valence electrons. The van der Waals surface area contributed by atoms with Crippen LogP contribution in [0.4, 0.5) is 0 Å². The van der Waals surface area contributed by atoms with Gasteiger partial charge in [0.15, 0.2) is 0 Å². The number of nitrogens with one attached hydrogen (secondary N) is 1. The molecule has 0 saturated heterocycles. The van der Waals surface area contributed by atoms with Gasteiger partial charge < -0.3 is 14.6 Å². The summed E-state index contributed by atoms with van der Waals surface area (Å²) in [7, 11) is 1.63. The molecule has 0 fully saturated rings. The summed E-state index contributed by atoms with van der Waals surface area (Å²) in [6, 6.07) is 15.6. The molecule has 23 heavy (non-hydrogen) atoms. The van der Waals surface area contributed by atoms with Crippen LogP contribution in [-0.4, -0.2) is 22.6 Å². The molecule has 2 aromatic carbocycles. The van der Waals surface area contributed by atoms with Crippen LogP contribution in [0.3, 0.4) is 0 Å². The summed E-state index contributed by atoms with van der Waals surface area (Å²) < 4.78 is 7.28. The van der Waals surface area contributed by atoms with Gasteiger partial charge in [0.1, 0.15) is 5.75 Å². The highest BCUT2D eigenvalue weighted by Crippen LogP contribution is 2.17. The fraction of sp³-hybridized carbons (Fsp3) is 0.222. The second-order valence-electron chi connectivity index (χ2n) is 5.27. The Morgan fingerprint density at radius 2 is 1.96 bits per heavy atom. The molecule has 0 spiro atoms. The molecule has 3 aromatic rings. The Labute approximate surface area is 134 Å². The number of carbonyl (C=O) groups excluding carboxylic acids is 1. The summed E-state index contributed by atoms with van der Waals surface area (Å²) in [6.45, 7) is 1.08. The Bertz CT molecular complexity index is 811. The Hall–Kier alpha value is -2.82. The summed E-state index contributed by atoms with van der Waals surface area (Å²) in [5.41, 5.74) is 2.96. The summed E-state index contributed by atoms with van der Waals surface area (Å²) >= 11 is 0. The molecule has 0 radical (unpaired) electrons. The zero-order valence-electron chi connectivity index (χ0n) is 13.0. The Balaban J connectivity index is 1.56. The van der Waals surface area contributed by atoms with E-state index in [0.717, 1.165) is 22.3 Å². The van der Waals surface area contributed by atoms with E-state index in [4.69, 9.17) is 4.74 Å². The molecule has 5 nitrogen and oxygen atoms in total. The van der Waals surface area contributed by atoms with E-state index >= 15 is 0 Å². The van der Waals surface area contributed by atoms with Crippen molar-refractivity contribution in [2.45, 2.75) is 19.5 Å². The molecule has 0 atom stereocenters.